The van der Waals surface area contributed by atoms with Gasteiger partial charge in [0.2, 0.25) is 5.91 Å². The number of oxazole rings is 1. The number of nitrogens with zero attached hydrogens (tertiary/aromatic N) is 1. The van der Waals surface area contributed by atoms with Gasteiger partial charge in [0.25, 0.3) is 0 Å². The Morgan fingerprint density at radius 1 is 1.23 bits per heavy atom. The first kappa shape index (κ1) is 17.8. The minimum Gasteiger partial charge on any atom is -0.465 e. The van der Waals surface area contributed by atoms with Crippen LogP contribution < -0.4 is 11.1 Å². The van der Waals surface area contributed by atoms with E-state index in [0.29, 0.717) is 27.4 Å². The predicted octanol–water partition coefficient (Wildman–Crippen LogP) is 3.06. The molecule has 1 amide bonds. The molecule has 1 N–H and O–H groups in total. The number of amides is 1. The second-order valence-electron chi connectivity index (χ2n) is 5.50. The SMILES string of the molecule is COC(=O)c1cccc(NC(=O)CCn2c(=O)oc3cc(Cl)ccc32)c1. The smallest absolute Gasteiger partial charge is 0.419 e. The molecule has 0 atom stereocenters. The molecule has 3 aromatic rings. The molecule has 2 aromatic carbocycles. The van der Waals surface area contributed by atoms with Gasteiger partial charge in [0.1, 0.15) is 0 Å². The number of rotatable bonds is 5. The van der Waals surface area contributed by atoms with E-state index in [4.69, 9.17) is 16.0 Å². The number of esters is 1. The van der Waals surface area contributed by atoms with E-state index in [9.17, 15) is 14.4 Å². The molecule has 0 spiro atoms. The van der Waals surface area contributed by atoms with Gasteiger partial charge in [-0.15, -0.1) is 0 Å². The van der Waals surface area contributed by atoms with E-state index < -0.39 is 11.7 Å². The second kappa shape index (κ2) is 7.45. The fraction of sp³-hybridized carbons (Fsp3) is 0.167. The van der Waals surface area contributed by atoms with Gasteiger partial charge in [0.05, 0.1) is 18.2 Å². The predicted molar refractivity (Wildman–Crippen MR) is 96.5 cm³/mol. The highest BCUT2D eigenvalue weighted by atomic mass is 35.5. The lowest BCUT2D eigenvalue weighted by atomic mass is 10.2. The van der Waals surface area contributed by atoms with E-state index in [1.807, 2.05) is 0 Å². The van der Waals surface area contributed by atoms with Gasteiger partial charge < -0.3 is 14.5 Å². The van der Waals surface area contributed by atoms with Crippen molar-refractivity contribution < 1.29 is 18.7 Å². The molecule has 134 valence electrons. The van der Waals surface area contributed by atoms with Crippen molar-refractivity contribution in [3.05, 3.63) is 63.6 Å². The Bertz CT molecular complexity index is 1040. The maximum absolute atomic E-state index is 12.2. The van der Waals surface area contributed by atoms with Crippen LogP contribution in [0.5, 0.6) is 0 Å². The van der Waals surface area contributed by atoms with Gasteiger partial charge in [-0.1, -0.05) is 17.7 Å². The van der Waals surface area contributed by atoms with Gasteiger partial charge in [-0.3, -0.25) is 9.36 Å². The van der Waals surface area contributed by atoms with Gasteiger partial charge in [-0.25, -0.2) is 9.59 Å². The first-order valence-corrected chi connectivity index (χ1v) is 8.13. The van der Waals surface area contributed by atoms with Crippen LogP contribution in [0.3, 0.4) is 0 Å². The molecule has 0 aliphatic rings. The summed E-state index contributed by atoms with van der Waals surface area (Å²) >= 11 is 5.88. The van der Waals surface area contributed by atoms with E-state index in [1.165, 1.54) is 17.7 Å². The largest absolute Gasteiger partial charge is 0.465 e. The summed E-state index contributed by atoms with van der Waals surface area (Å²) in [7, 11) is 1.29. The lowest BCUT2D eigenvalue weighted by molar-refractivity contribution is -0.116. The van der Waals surface area contributed by atoms with Crippen LogP contribution in [0.4, 0.5) is 5.69 Å². The van der Waals surface area contributed by atoms with E-state index in [1.54, 1.807) is 36.4 Å². The van der Waals surface area contributed by atoms with Crippen LogP contribution in [-0.4, -0.2) is 23.6 Å². The van der Waals surface area contributed by atoms with Crippen LogP contribution in [0, 0.1) is 0 Å². The maximum Gasteiger partial charge on any atom is 0.419 e. The molecule has 0 aliphatic heterocycles. The van der Waals surface area contributed by atoms with Crippen molar-refractivity contribution in [3.8, 4) is 0 Å². The molecule has 26 heavy (non-hydrogen) atoms. The first-order chi connectivity index (χ1) is 12.5. The number of fused-ring (bicyclic) bond motifs is 1. The first-order valence-electron chi connectivity index (χ1n) is 7.75. The Hall–Kier alpha value is -3.06. The molecule has 0 fully saturated rings. The number of methoxy groups -OCH3 is 1. The number of anilines is 1. The molecule has 0 saturated heterocycles. The van der Waals surface area contributed by atoms with E-state index in [-0.39, 0.29) is 18.9 Å². The number of carbonyl (C=O) groups is 2. The molecule has 3 rings (SSSR count). The van der Waals surface area contributed by atoms with Crippen molar-refractivity contribution in [3.63, 3.8) is 0 Å². The zero-order chi connectivity index (χ0) is 18.7. The van der Waals surface area contributed by atoms with Gasteiger partial charge in [-0.2, -0.15) is 0 Å². The van der Waals surface area contributed by atoms with Gasteiger partial charge in [0.15, 0.2) is 5.58 Å². The Labute approximate surface area is 153 Å². The number of aromatic nitrogens is 1. The highest BCUT2D eigenvalue weighted by Crippen LogP contribution is 2.18. The molecule has 8 heteroatoms. The average Bonchev–Trinajstić information content (AvgIpc) is 2.93. The van der Waals surface area contributed by atoms with E-state index in [2.05, 4.69) is 10.1 Å². The average molecular weight is 375 g/mol. The minimum absolute atomic E-state index is 0.0552. The molecule has 7 nitrogen and oxygen atoms in total. The molecule has 1 aromatic heterocycles. The molecular weight excluding hydrogens is 360 g/mol. The fourth-order valence-corrected chi connectivity index (χ4v) is 2.69. The second-order valence-corrected chi connectivity index (χ2v) is 5.94. The Balaban J connectivity index is 1.69. The van der Waals surface area contributed by atoms with Crippen molar-refractivity contribution in [1.29, 1.82) is 0 Å². The zero-order valence-electron chi connectivity index (χ0n) is 13.8. The summed E-state index contributed by atoms with van der Waals surface area (Å²) in [4.78, 5) is 35.6. The topological polar surface area (TPSA) is 90.5 Å². The number of hydrogen-bond donors (Lipinski definition) is 1. The zero-order valence-corrected chi connectivity index (χ0v) is 14.6. The van der Waals surface area contributed by atoms with Crippen molar-refractivity contribution in [2.24, 2.45) is 0 Å². The van der Waals surface area contributed by atoms with Crippen LogP contribution in [0.25, 0.3) is 11.1 Å². The number of carbonyl (C=O) groups excluding carboxylic acids is 2. The molecule has 0 bridgehead atoms. The summed E-state index contributed by atoms with van der Waals surface area (Å²) in [6.45, 7) is 0.149. The minimum atomic E-state index is -0.553. The van der Waals surface area contributed by atoms with Gasteiger partial charge in [-0.05, 0) is 30.3 Å². The van der Waals surface area contributed by atoms with Crippen LogP contribution >= 0.6 is 11.6 Å². The molecule has 0 saturated carbocycles. The molecule has 1 heterocycles. The third-order valence-corrected chi connectivity index (χ3v) is 4.00. The highest BCUT2D eigenvalue weighted by molar-refractivity contribution is 6.31. The van der Waals surface area contributed by atoms with Gasteiger partial charge in [0, 0.05) is 29.7 Å². The quantitative estimate of drug-likeness (QED) is 0.693. The van der Waals surface area contributed by atoms with Crippen LogP contribution in [-0.2, 0) is 16.1 Å². The lowest BCUT2D eigenvalue weighted by Crippen LogP contribution is -2.20. The molecule has 0 unspecified atom stereocenters. The van der Waals surface area contributed by atoms with Crippen molar-refractivity contribution in [1.82, 2.24) is 4.57 Å². The third kappa shape index (κ3) is 3.78. The third-order valence-electron chi connectivity index (χ3n) is 3.76. The maximum atomic E-state index is 12.2. The Morgan fingerprint density at radius 3 is 2.81 bits per heavy atom. The number of aryl methyl sites for hydroxylation is 1. The molecule has 0 radical (unpaired) electrons. The summed E-state index contributed by atoms with van der Waals surface area (Å²) in [6, 6.07) is 11.3. The normalized spacial score (nSPS) is 10.7. The summed E-state index contributed by atoms with van der Waals surface area (Å²) in [5, 5.41) is 3.15. The van der Waals surface area contributed by atoms with Crippen LogP contribution in [0.15, 0.2) is 51.7 Å². The summed E-state index contributed by atoms with van der Waals surface area (Å²) < 4.78 is 11.1. The van der Waals surface area contributed by atoms with Gasteiger partial charge >= 0.3 is 11.7 Å². The standard InChI is InChI=1S/C18H15ClN2O5/c1-25-17(23)11-3-2-4-13(9-11)20-16(22)7-8-21-14-6-5-12(19)10-15(14)26-18(21)24/h2-6,9-10H,7-8H2,1H3,(H,20,22). The number of halogens is 1. The van der Waals surface area contributed by atoms with E-state index >= 15 is 0 Å². The number of ether oxygens (including phenoxy) is 1. The summed E-state index contributed by atoms with van der Waals surface area (Å²) in [6.07, 6.45) is 0.0552. The highest BCUT2D eigenvalue weighted by Gasteiger charge is 2.12. The summed E-state index contributed by atoms with van der Waals surface area (Å²) in [5.74, 6) is -1.35. The monoisotopic (exact) mass is 374 g/mol. The van der Waals surface area contributed by atoms with Crippen molar-refractivity contribution in [2.75, 3.05) is 12.4 Å². The Morgan fingerprint density at radius 2 is 2.04 bits per heavy atom. The van der Waals surface area contributed by atoms with Crippen LogP contribution in [0.1, 0.15) is 16.8 Å². The number of benzene rings is 2. The lowest BCUT2D eigenvalue weighted by Gasteiger charge is -2.07. The van der Waals surface area contributed by atoms with Crippen LogP contribution in [0.2, 0.25) is 5.02 Å². The number of hydrogen-bond acceptors (Lipinski definition) is 5. The molecule has 0 aliphatic carbocycles. The van der Waals surface area contributed by atoms with E-state index in [0.717, 1.165) is 0 Å². The molecular formula is C18H15ClN2O5. The van der Waals surface area contributed by atoms with Crippen molar-refractivity contribution >= 4 is 40.3 Å². The number of nitrogens with one attached hydrogen (secondary N) is 1. The van der Waals surface area contributed by atoms with Crippen molar-refractivity contribution in [2.45, 2.75) is 13.0 Å². The fourth-order valence-electron chi connectivity index (χ4n) is 2.53. The summed E-state index contributed by atoms with van der Waals surface area (Å²) in [5.41, 5.74) is 1.74. The Kier molecular flexibility index (Phi) is 5.09.